The van der Waals surface area contributed by atoms with Gasteiger partial charge in [-0.3, -0.25) is 14.9 Å². The van der Waals surface area contributed by atoms with Gasteiger partial charge >= 0.3 is 0 Å². The predicted molar refractivity (Wildman–Crippen MR) is 89.9 cm³/mol. The number of pyridine rings is 1. The largest absolute Gasteiger partial charge is 0.350 e. The highest BCUT2D eigenvalue weighted by Gasteiger charge is 2.38. The molecule has 1 aromatic heterocycles. The topological polar surface area (TPSA) is 88.4 Å². The van der Waals surface area contributed by atoms with Crippen molar-refractivity contribution in [2.75, 3.05) is 11.4 Å². The lowest BCUT2D eigenvalue weighted by Crippen LogP contribution is -2.62. The number of carbonyl (C=O) groups is 1. The van der Waals surface area contributed by atoms with Crippen molar-refractivity contribution in [1.29, 1.82) is 0 Å². The molecule has 2 aliphatic rings. The molecule has 1 aromatic carbocycles. The van der Waals surface area contributed by atoms with Gasteiger partial charge in [0.1, 0.15) is 11.2 Å². The highest BCUT2D eigenvalue weighted by atomic mass is 19.1. The quantitative estimate of drug-likeness (QED) is 0.668. The van der Waals surface area contributed by atoms with Crippen LogP contribution in [0, 0.1) is 15.9 Å². The summed E-state index contributed by atoms with van der Waals surface area (Å²) >= 11 is 0. The first kappa shape index (κ1) is 15.7. The SMILES string of the molecule is O=C1CN(c2ncc(F)c3c([N+](=O)[O-])cccc23)C2CCCCC2N1. The molecule has 1 aliphatic carbocycles. The molecular weight excluding hydrogens is 327 g/mol. The van der Waals surface area contributed by atoms with Crippen LogP contribution in [0.1, 0.15) is 25.7 Å². The van der Waals surface area contributed by atoms with Crippen LogP contribution >= 0.6 is 0 Å². The van der Waals surface area contributed by atoms with Crippen molar-refractivity contribution in [2.45, 2.75) is 37.8 Å². The molecule has 1 N–H and O–H groups in total. The number of aromatic nitrogens is 1. The maximum Gasteiger partial charge on any atom is 0.280 e. The molecule has 0 bridgehead atoms. The molecule has 0 spiro atoms. The number of rotatable bonds is 2. The fourth-order valence-electron chi connectivity index (χ4n) is 4.02. The number of piperazine rings is 1. The molecule has 2 unspecified atom stereocenters. The summed E-state index contributed by atoms with van der Waals surface area (Å²) in [7, 11) is 0. The first-order valence-electron chi connectivity index (χ1n) is 8.34. The molecule has 1 saturated carbocycles. The Bertz CT molecular complexity index is 872. The van der Waals surface area contributed by atoms with Crippen molar-refractivity contribution in [3.05, 3.63) is 40.3 Å². The molecule has 0 radical (unpaired) electrons. The van der Waals surface area contributed by atoms with E-state index >= 15 is 0 Å². The fourth-order valence-corrected chi connectivity index (χ4v) is 4.02. The second-order valence-corrected chi connectivity index (χ2v) is 6.54. The molecule has 8 heteroatoms. The van der Waals surface area contributed by atoms with Gasteiger partial charge in [0, 0.05) is 17.5 Å². The van der Waals surface area contributed by atoms with Crippen molar-refractivity contribution in [1.82, 2.24) is 10.3 Å². The van der Waals surface area contributed by atoms with Crippen molar-refractivity contribution in [2.24, 2.45) is 0 Å². The van der Waals surface area contributed by atoms with E-state index in [9.17, 15) is 19.3 Å². The second-order valence-electron chi connectivity index (χ2n) is 6.54. The maximum atomic E-state index is 14.3. The molecule has 2 fully saturated rings. The smallest absolute Gasteiger partial charge is 0.280 e. The number of anilines is 1. The summed E-state index contributed by atoms with van der Waals surface area (Å²) in [6.07, 6.45) is 4.91. The predicted octanol–water partition coefficient (Wildman–Crippen LogP) is 2.53. The number of benzene rings is 1. The molecular formula is C17H17FN4O3. The van der Waals surface area contributed by atoms with Gasteiger partial charge in [-0.1, -0.05) is 25.0 Å². The Morgan fingerprint density at radius 2 is 2.12 bits per heavy atom. The van der Waals surface area contributed by atoms with Gasteiger partial charge in [0.15, 0.2) is 5.82 Å². The first-order chi connectivity index (χ1) is 12.1. The van der Waals surface area contributed by atoms with E-state index in [0.717, 1.165) is 31.9 Å². The van der Waals surface area contributed by atoms with Crippen LogP contribution in [0.5, 0.6) is 0 Å². The standard InChI is InChI=1S/C17H17FN4O3/c18-11-8-19-17(10-4-3-7-14(16(10)11)22(24)25)21-9-15(23)20-12-5-1-2-6-13(12)21/h3-4,7-8,12-13H,1-2,5-6,9H2,(H,20,23). The number of carbonyl (C=O) groups excluding carboxylic acids is 1. The van der Waals surface area contributed by atoms with Crippen molar-refractivity contribution >= 4 is 28.2 Å². The number of nitro benzene ring substituents is 1. The molecule has 7 nitrogen and oxygen atoms in total. The molecule has 1 aliphatic heterocycles. The second kappa shape index (κ2) is 5.94. The Kier molecular flexibility index (Phi) is 3.74. The van der Waals surface area contributed by atoms with Crippen LogP contribution in [0.15, 0.2) is 24.4 Å². The Morgan fingerprint density at radius 3 is 2.92 bits per heavy atom. The summed E-state index contributed by atoms with van der Waals surface area (Å²) in [5, 5.41) is 14.6. The summed E-state index contributed by atoms with van der Waals surface area (Å²) in [4.78, 5) is 28.9. The minimum Gasteiger partial charge on any atom is -0.350 e. The Hall–Kier alpha value is -2.77. The molecule has 4 rings (SSSR count). The number of nitrogens with zero attached hydrogens (tertiary/aromatic N) is 3. The molecule has 2 heterocycles. The highest BCUT2D eigenvalue weighted by molar-refractivity contribution is 5.99. The average molecular weight is 344 g/mol. The van der Waals surface area contributed by atoms with E-state index in [0.29, 0.717) is 11.2 Å². The third-order valence-electron chi connectivity index (χ3n) is 5.08. The van der Waals surface area contributed by atoms with Crippen LogP contribution in [0.3, 0.4) is 0 Å². The zero-order valence-corrected chi connectivity index (χ0v) is 13.4. The summed E-state index contributed by atoms with van der Waals surface area (Å²) in [5.41, 5.74) is -0.291. The van der Waals surface area contributed by atoms with Gasteiger partial charge in [-0.05, 0) is 12.8 Å². The number of non-ortho nitro benzene ring substituents is 1. The molecule has 130 valence electrons. The van der Waals surface area contributed by atoms with Gasteiger partial charge in [-0.25, -0.2) is 9.37 Å². The number of hydrogen-bond acceptors (Lipinski definition) is 5. The van der Waals surface area contributed by atoms with Crippen LogP contribution in [-0.2, 0) is 4.79 Å². The van der Waals surface area contributed by atoms with E-state index in [2.05, 4.69) is 10.3 Å². The van der Waals surface area contributed by atoms with E-state index < -0.39 is 10.7 Å². The van der Waals surface area contributed by atoms with Gasteiger partial charge < -0.3 is 10.2 Å². The van der Waals surface area contributed by atoms with Gasteiger partial charge in [-0.15, -0.1) is 0 Å². The minimum absolute atomic E-state index is 0.0376. The van der Waals surface area contributed by atoms with E-state index in [-0.39, 0.29) is 35.6 Å². The van der Waals surface area contributed by atoms with Crippen LogP contribution in [-0.4, -0.2) is 34.4 Å². The summed E-state index contributed by atoms with van der Waals surface area (Å²) in [6, 6.07) is 4.54. The van der Waals surface area contributed by atoms with Gasteiger partial charge in [-0.2, -0.15) is 0 Å². The lowest BCUT2D eigenvalue weighted by Gasteiger charge is -2.44. The van der Waals surface area contributed by atoms with Gasteiger partial charge in [0.2, 0.25) is 5.91 Å². The molecule has 2 atom stereocenters. The summed E-state index contributed by atoms with van der Waals surface area (Å²) in [5.74, 6) is -0.396. The van der Waals surface area contributed by atoms with Crippen LogP contribution < -0.4 is 10.2 Å². The number of nitro groups is 1. The van der Waals surface area contributed by atoms with Gasteiger partial charge in [0.25, 0.3) is 5.69 Å². The molecule has 25 heavy (non-hydrogen) atoms. The third-order valence-corrected chi connectivity index (χ3v) is 5.08. The minimum atomic E-state index is -0.729. The van der Waals surface area contributed by atoms with E-state index in [1.165, 1.54) is 12.1 Å². The zero-order valence-electron chi connectivity index (χ0n) is 13.4. The number of halogens is 1. The summed E-state index contributed by atoms with van der Waals surface area (Å²) < 4.78 is 14.3. The number of hydrogen-bond donors (Lipinski definition) is 1. The highest BCUT2D eigenvalue weighted by Crippen LogP contribution is 2.36. The number of fused-ring (bicyclic) bond motifs is 2. The Balaban J connectivity index is 1.88. The maximum absolute atomic E-state index is 14.3. The van der Waals surface area contributed by atoms with E-state index in [1.54, 1.807) is 6.07 Å². The lowest BCUT2D eigenvalue weighted by molar-refractivity contribution is -0.383. The van der Waals surface area contributed by atoms with Crippen LogP contribution in [0.25, 0.3) is 10.8 Å². The zero-order chi connectivity index (χ0) is 17.6. The summed E-state index contributed by atoms with van der Waals surface area (Å²) in [6.45, 7) is 0.123. The number of nitrogens with one attached hydrogen (secondary N) is 1. The lowest BCUT2D eigenvalue weighted by atomic mass is 9.87. The van der Waals surface area contributed by atoms with Crippen molar-refractivity contribution in [3.8, 4) is 0 Å². The number of amides is 1. The molecule has 2 aromatic rings. The Labute approximate surface area is 143 Å². The Morgan fingerprint density at radius 1 is 1.32 bits per heavy atom. The van der Waals surface area contributed by atoms with Gasteiger partial charge in [0.05, 0.1) is 23.7 Å². The van der Waals surface area contributed by atoms with Crippen molar-refractivity contribution in [3.63, 3.8) is 0 Å². The van der Waals surface area contributed by atoms with Crippen LogP contribution in [0.4, 0.5) is 15.9 Å². The van der Waals surface area contributed by atoms with E-state index in [4.69, 9.17) is 0 Å². The van der Waals surface area contributed by atoms with Crippen LogP contribution in [0.2, 0.25) is 0 Å². The average Bonchev–Trinajstić information content (AvgIpc) is 2.61. The monoisotopic (exact) mass is 344 g/mol. The normalized spacial score (nSPS) is 23.2. The molecule has 1 amide bonds. The van der Waals surface area contributed by atoms with Crippen molar-refractivity contribution < 1.29 is 14.1 Å². The van der Waals surface area contributed by atoms with E-state index in [1.807, 2.05) is 4.90 Å². The third kappa shape index (κ3) is 2.57. The first-order valence-corrected chi connectivity index (χ1v) is 8.34. The molecule has 1 saturated heterocycles. The fraction of sp³-hybridized carbons (Fsp3) is 0.412.